The molecule has 0 saturated carbocycles. The summed E-state index contributed by atoms with van der Waals surface area (Å²) in [4.78, 5) is 105. The van der Waals surface area contributed by atoms with Crippen LogP contribution in [-0.4, -0.2) is 131 Å². The predicted molar refractivity (Wildman–Crippen MR) is 329 cm³/mol. The number of amidine groups is 1. The van der Waals surface area contributed by atoms with Crippen molar-refractivity contribution in [2.45, 2.75) is 149 Å². The fourth-order valence-corrected chi connectivity index (χ4v) is 9.91. The minimum absolute atomic E-state index is 0.0729. The molecule has 87 heavy (non-hydrogen) atoms. The minimum Gasteiger partial charge on any atom is -0.445 e. The Kier molecular flexibility index (Phi) is 26.3. The Labute approximate surface area is 507 Å². The Morgan fingerprint density at radius 3 is 2.18 bits per heavy atom. The summed E-state index contributed by atoms with van der Waals surface area (Å²) < 4.78 is 35.0. The van der Waals surface area contributed by atoms with Crippen molar-refractivity contribution in [1.82, 2.24) is 41.4 Å². The number of rotatable bonds is 32. The number of hydrogen-bond donors (Lipinski definition) is 10. The zero-order chi connectivity index (χ0) is 63.0. The second-order valence-electron chi connectivity index (χ2n) is 22.3. The fourth-order valence-electron chi connectivity index (χ4n) is 9.91. The van der Waals surface area contributed by atoms with Crippen LogP contribution in [0.4, 0.5) is 30.6 Å². The first-order valence-electron chi connectivity index (χ1n) is 29.9. The van der Waals surface area contributed by atoms with Gasteiger partial charge in [0.1, 0.15) is 24.5 Å². The molecule has 2 aliphatic rings. The molecule has 7 amide bonds. The molecule has 0 spiro atoms. The van der Waals surface area contributed by atoms with Crippen molar-refractivity contribution < 1.29 is 52.2 Å². The number of pyridine rings is 1. The normalized spacial score (nSPS) is 14.1. The van der Waals surface area contributed by atoms with Crippen molar-refractivity contribution in [1.29, 1.82) is 0 Å². The largest absolute Gasteiger partial charge is 0.445 e. The maximum Gasteiger partial charge on any atom is 0.407 e. The molecule has 0 aliphatic carbocycles. The molecule has 1 unspecified atom stereocenters. The Morgan fingerprint density at radius 1 is 0.793 bits per heavy atom. The van der Waals surface area contributed by atoms with Crippen LogP contribution in [0.25, 0.3) is 6.08 Å². The van der Waals surface area contributed by atoms with Crippen LogP contribution in [0.2, 0.25) is 0 Å². The lowest BCUT2D eigenvalue weighted by atomic mass is 10.0. The van der Waals surface area contributed by atoms with Gasteiger partial charge in [-0.15, -0.1) is 0 Å². The number of alkyl carbamates (subject to hydrolysis) is 1. The SMILES string of the molecule is CCCCCCC(=O)N[C@H](C(=O)N[C@@H](CCCNC(N)O)C(=O)Nc1ccc(COC(=O)NCC(F)(F)CNC(=O)c2ccc(CN3CCc4ncc(NC(=O)c5ccc6c(c5)N=C(N)CC(C(=O)N(CCC)CCC)=C6)cc4C3)cc2)cc1)C(C)C. The fraction of sp³-hybridized carbons (Fsp3) is 0.476. The average Bonchev–Trinajstić information content (AvgIpc) is 2.74. The van der Waals surface area contributed by atoms with E-state index in [9.17, 15) is 47.4 Å². The van der Waals surface area contributed by atoms with Gasteiger partial charge in [0.05, 0.1) is 30.7 Å². The predicted octanol–water partition coefficient (Wildman–Crippen LogP) is 6.75. The lowest BCUT2D eigenvalue weighted by Gasteiger charge is -2.28. The number of aliphatic hydroxyl groups is 1. The molecule has 6 rings (SSSR count). The van der Waals surface area contributed by atoms with Gasteiger partial charge in [0, 0.05) is 85.6 Å². The van der Waals surface area contributed by atoms with Crippen molar-refractivity contribution in [2.24, 2.45) is 22.4 Å². The smallest absolute Gasteiger partial charge is 0.407 e. The zero-order valence-corrected chi connectivity index (χ0v) is 50.4. The number of halogens is 2. The van der Waals surface area contributed by atoms with Crippen LogP contribution in [0.3, 0.4) is 0 Å². The molecule has 22 nitrogen and oxygen atoms in total. The van der Waals surface area contributed by atoms with Crippen molar-refractivity contribution in [3.63, 3.8) is 0 Å². The first kappa shape index (κ1) is 67.9. The molecule has 3 heterocycles. The highest BCUT2D eigenvalue weighted by Crippen LogP contribution is 2.30. The van der Waals surface area contributed by atoms with Gasteiger partial charge in [-0.2, -0.15) is 0 Å². The summed E-state index contributed by atoms with van der Waals surface area (Å²) in [5.74, 6) is -6.02. The molecule has 3 aromatic carbocycles. The number of benzene rings is 3. The van der Waals surface area contributed by atoms with Crippen LogP contribution in [0, 0.1) is 5.92 Å². The van der Waals surface area contributed by atoms with Crippen molar-refractivity contribution in [3.8, 4) is 0 Å². The number of carbonyl (C=O) groups is 7. The van der Waals surface area contributed by atoms with E-state index in [0.29, 0.717) is 91.3 Å². The number of aliphatic imine (C=N–C) groups is 1. The van der Waals surface area contributed by atoms with E-state index >= 15 is 0 Å². The van der Waals surface area contributed by atoms with Gasteiger partial charge in [-0.3, -0.25) is 49.7 Å². The quantitative estimate of drug-likeness (QED) is 0.0179. The monoisotopic (exact) mass is 1210 g/mol. The molecule has 0 fully saturated rings. The Morgan fingerprint density at radius 2 is 1.49 bits per heavy atom. The van der Waals surface area contributed by atoms with Gasteiger partial charge in [0.25, 0.3) is 17.7 Å². The number of carbonyl (C=O) groups excluding carboxylic acids is 7. The molecule has 1 aromatic heterocycles. The number of alkyl halides is 2. The van der Waals surface area contributed by atoms with Crippen LogP contribution < -0.4 is 48.7 Å². The third-order valence-electron chi connectivity index (χ3n) is 14.6. The summed E-state index contributed by atoms with van der Waals surface area (Å²) in [5, 5.41) is 27.6. The summed E-state index contributed by atoms with van der Waals surface area (Å²) in [6, 6.07) is 17.9. The molecule has 0 radical (unpaired) electrons. The number of nitrogens with zero attached hydrogens (tertiary/aromatic N) is 4. The average molecular weight is 1210 g/mol. The number of hydrogen-bond acceptors (Lipinski definition) is 15. The van der Waals surface area contributed by atoms with Crippen molar-refractivity contribution >= 4 is 70.5 Å². The van der Waals surface area contributed by atoms with Crippen molar-refractivity contribution in [2.75, 3.05) is 49.9 Å². The minimum atomic E-state index is -3.53. The molecular formula is C63H85F2N13O9. The summed E-state index contributed by atoms with van der Waals surface area (Å²) in [6.45, 7) is 10.5. The second-order valence-corrected chi connectivity index (χ2v) is 22.3. The maximum atomic E-state index is 14.9. The second kappa shape index (κ2) is 33.6. The van der Waals surface area contributed by atoms with Gasteiger partial charge in [0.2, 0.25) is 23.6 Å². The number of unbranched alkanes of at least 4 members (excludes halogenated alkanes) is 3. The number of amides is 7. The molecular weight excluding hydrogens is 1120 g/mol. The summed E-state index contributed by atoms with van der Waals surface area (Å²) in [6.07, 6.45) is 7.99. The number of anilines is 2. The highest BCUT2D eigenvalue weighted by atomic mass is 19.3. The van der Waals surface area contributed by atoms with Gasteiger partial charge in [-0.25, -0.2) is 18.6 Å². The Hall–Kier alpha value is -8.19. The van der Waals surface area contributed by atoms with E-state index in [1.807, 2.05) is 30.1 Å². The van der Waals surface area contributed by atoms with Crippen LogP contribution >= 0.6 is 0 Å². The highest BCUT2D eigenvalue weighted by Gasteiger charge is 2.32. The highest BCUT2D eigenvalue weighted by molar-refractivity contribution is 6.08. The van der Waals surface area contributed by atoms with Gasteiger partial charge in [-0.1, -0.05) is 84.2 Å². The lowest BCUT2D eigenvalue weighted by molar-refractivity contribution is -0.132. The molecule has 470 valence electrons. The van der Waals surface area contributed by atoms with E-state index in [-0.39, 0.29) is 67.5 Å². The number of nitrogens with one attached hydrogen (secondary N) is 7. The standard InChI is InChI=1S/C63H85F2N13O9/c1-6-9-10-11-14-54(79)76-55(40(4)5)59(83)75-51(13-12-26-68-61(67)85)58(82)72-48-23-17-42(18-24-48)37-87-62(86)71-39-63(64,65)38-70-56(80)43-19-15-41(16-20-43)35-77-29-25-50-47(36-77)31-49(34-69-50)73-57(81)45-22-21-44-30-46(33-53(66)74-52(44)32-45)60(84)78(27-7-2)28-8-3/h15-24,30-32,34,40,51,55,61,68,85H,6-14,25-29,33,35-39,67H2,1-5H3,(H2,66,74)(H,70,80)(H,71,86)(H,72,82)(H,73,81)(H,75,83)(H,76,79)/t51-,55-,61?/m0/s1. The first-order valence-corrected chi connectivity index (χ1v) is 29.9. The first-order chi connectivity index (χ1) is 41.6. The molecule has 0 saturated heterocycles. The topological polar surface area (TPSA) is 317 Å². The maximum absolute atomic E-state index is 14.9. The van der Waals surface area contributed by atoms with E-state index in [1.54, 1.807) is 80.7 Å². The Balaban J connectivity index is 0.923. The van der Waals surface area contributed by atoms with E-state index in [4.69, 9.17) is 16.2 Å². The van der Waals surface area contributed by atoms with Gasteiger partial charge in [-0.05, 0) is 110 Å². The van der Waals surface area contributed by atoms with Gasteiger partial charge >= 0.3 is 6.09 Å². The zero-order valence-electron chi connectivity index (χ0n) is 50.4. The third kappa shape index (κ3) is 21.9. The van der Waals surface area contributed by atoms with E-state index < -0.39 is 61.3 Å². The van der Waals surface area contributed by atoms with Gasteiger partial charge < -0.3 is 52.4 Å². The lowest BCUT2D eigenvalue weighted by Crippen LogP contribution is -2.54. The number of fused-ring (bicyclic) bond motifs is 2. The van der Waals surface area contributed by atoms with E-state index in [2.05, 4.69) is 53.7 Å². The van der Waals surface area contributed by atoms with Gasteiger partial charge in [0.15, 0.2) is 6.35 Å². The summed E-state index contributed by atoms with van der Waals surface area (Å²) in [7, 11) is 0. The van der Waals surface area contributed by atoms with E-state index in [0.717, 1.165) is 48.9 Å². The molecule has 0 bridgehead atoms. The third-order valence-corrected chi connectivity index (χ3v) is 14.6. The van der Waals surface area contributed by atoms with Crippen molar-refractivity contribution in [3.05, 3.63) is 124 Å². The number of aromatic nitrogens is 1. The number of ether oxygens (including phenoxy) is 1. The number of nitrogens with two attached hydrogens (primary N) is 2. The molecule has 24 heteroatoms. The summed E-state index contributed by atoms with van der Waals surface area (Å²) in [5.41, 5.74) is 18.0. The van der Waals surface area contributed by atoms with Crippen LogP contribution in [0.1, 0.15) is 147 Å². The molecule has 4 aromatic rings. The molecule has 3 atom stereocenters. The summed E-state index contributed by atoms with van der Waals surface area (Å²) >= 11 is 0. The van der Waals surface area contributed by atoms with E-state index in [1.165, 1.54) is 12.1 Å². The molecule has 2 aliphatic heterocycles. The number of aliphatic hydroxyl groups excluding tert-OH is 1. The Bertz CT molecular complexity index is 3060. The molecule has 12 N–H and O–H groups in total. The van der Waals surface area contributed by atoms with Crippen LogP contribution in [0.15, 0.2) is 89.6 Å². The van der Waals surface area contributed by atoms with Crippen LogP contribution in [0.5, 0.6) is 0 Å². The van der Waals surface area contributed by atoms with Crippen LogP contribution in [-0.2, 0) is 50.0 Å².